The second-order valence-electron chi connectivity index (χ2n) is 9.71. The third-order valence-electron chi connectivity index (χ3n) is 7.22. The largest absolute Gasteiger partial charge is 0.493 e. The van der Waals surface area contributed by atoms with Crippen molar-refractivity contribution >= 4 is 17.5 Å². The maximum absolute atomic E-state index is 13.5. The summed E-state index contributed by atoms with van der Waals surface area (Å²) in [4.78, 5) is 30.6. The van der Waals surface area contributed by atoms with Crippen LogP contribution in [0.1, 0.15) is 31.8 Å². The molecule has 1 aliphatic rings. The second kappa shape index (κ2) is 12.1. The molecule has 4 aromatic rings. The zero-order valence-corrected chi connectivity index (χ0v) is 23.6. The number of benzene rings is 3. The average molecular weight is 553 g/mol. The van der Waals surface area contributed by atoms with Gasteiger partial charge in [-0.2, -0.15) is 0 Å². The Morgan fingerprint density at radius 2 is 1.37 bits per heavy atom. The molecule has 5 rings (SSSR count). The lowest BCUT2D eigenvalue weighted by Crippen LogP contribution is -2.49. The Morgan fingerprint density at radius 3 is 1.93 bits per heavy atom. The van der Waals surface area contributed by atoms with Gasteiger partial charge in [0, 0.05) is 42.9 Å². The van der Waals surface area contributed by atoms with E-state index in [4.69, 9.17) is 14.2 Å². The number of amides is 1. The van der Waals surface area contributed by atoms with E-state index < -0.39 is 0 Å². The molecule has 41 heavy (non-hydrogen) atoms. The number of aryl methyl sites for hydroxylation is 1. The summed E-state index contributed by atoms with van der Waals surface area (Å²) in [7, 11) is 4.70. The third kappa shape index (κ3) is 5.70. The van der Waals surface area contributed by atoms with Crippen LogP contribution in [-0.4, -0.2) is 74.3 Å². The van der Waals surface area contributed by atoms with Gasteiger partial charge in [0.2, 0.25) is 5.75 Å². The summed E-state index contributed by atoms with van der Waals surface area (Å²) < 4.78 is 16.3. The van der Waals surface area contributed by atoms with Gasteiger partial charge in [0.1, 0.15) is 0 Å². The summed E-state index contributed by atoms with van der Waals surface area (Å²) in [6.07, 6.45) is 0. The number of anilines is 1. The fraction of sp³-hybridized carbons (Fsp3) is 0.250. The van der Waals surface area contributed by atoms with E-state index in [1.807, 2.05) is 43.3 Å². The van der Waals surface area contributed by atoms with Gasteiger partial charge in [0.15, 0.2) is 23.1 Å². The molecule has 0 atom stereocenters. The molecule has 1 saturated heterocycles. The van der Waals surface area contributed by atoms with Crippen LogP contribution in [0.15, 0.2) is 72.8 Å². The van der Waals surface area contributed by atoms with Gasteiger partial charge in [-0.05, 0) is 37.3 Å². The molecule has 0 bridgehead atoms. The molecule has 1 amide bonds. The van der Waals surface area contributed by atoms with Crippen LogP contribution in [0.25, 0.3) is 11.3 Å². The number of ketones is 1. The number of hydrogen-bond donors (Lipinski definition) is 0. The fourth-order valence-electron chi connectivity index (χ4n) is 4.91. The number of carbonyl (C=O) groups is 2. The average Bonchev–Trinajstić information content (AvgIpc) is 3.03. The van der Waals surface area contributed by atoms with Crippen molar-refractivity contribution in [1.82, 2.24) is 15.1 Å². The van der Waals surface area contributed by atoms with Crippen LogP contribution in [0.2, 0.25) is 0 Å². The van der Waals surface area contributed by atoms with Crippen molar-refractivity contribution in [1.29, 1.82) is 0 Å². The van der Waals surface area contributed by atoms with Crippen molar-refractivity contribution in [2.45, 2.75) is 6.92 Å². The molecule has 9 nitrogen and oxygen atoms in total. The molecule has 0 aliphatic carbocycles. The molecular weight excluding hydrogens is 520 g/mol. The number of hydrogen-bond acceptors (Lipinski definition) is 8. The number of piperazine rings is 1. The lowest BCUT2D eigenvalue weighted by molar-refractivity contribution is 0.0742. The van der Waals surface area contributed by atoms with E-state index in [9.17, 15) is 9.59 Å². The minimum absolute atomic E-state index is 0.149. The van der Waals surface area contributed by atoms with Gasteiger partial charge in [-0.1, -0.05) is 48.0 Å². The zero-order chi connectivity index (χ0) is 28.9. The van der Waals surface area contributed by atoms with Crippen molar-refractivity contribution in [2.24, 2.45) is 0 Å². The van der Waals surface area contributed by atoms with Crippen molar-refractivity contribution < 1.29 is 23.8 Å². The number of carbonyl (C=O) groups excluding carboxylic acids is 2. The van der Waals surface area contributed by atoms with E-state index in [-0.39, 0.29) is 11.7 Å². The van der Waals surface area contributed by atoms with E-state index in [1.54, 1.807) is 62.6 Å². The highest BCUT2D eigenvalue weighted by atomic mass is 16.5. The molecule has 1 aromatic heterocycles. The molecule has 0 saturated carbocycles. The molecule has 0 spiro atoms. The van der Waals surface area contributed by atoms with Crippen LogP contribution in [0.5, 0.6) is 17.2 Å². The summed E-state index contributed by atoms with van der Waals surface area (Å²) in [6.45, 7) is 4.17. The predicted molar refractivity (Wildman–Crippen MR) is 156 cm³/mol. The van der Waals surface area contributed by atoms with Gasteiger partial charge in [-0.3, -0.25) is 9.59 Å². The SMILES string of the molecule is COc1cc(-c2ccc(N3CCN(C(=O)c4ccccc4C(=O)c4ccc(C)cc4)CC3)nn2)cc(OC)c1OC. The standard InChI is InChI=1S/C32H32N4O5/c1-21-9-11-22(12-10-21)30(37)24-7-5-6-8-25(24)32(38)36-17-15-35(16-18-36)29-14-13-26(33-34-29)23-19-27(39-2)31(41-4)28(20-23)40-3/h5-14,19-20H,15-18H2,1-4H3. The lowest BCUT2D eigenvalue weighted by Gasteiger charge is -2.35. The van der Waals surface area contributed by atoms with Crippen molar-refractivity contribution in [3.63, 3.8) is 0 Å². The normalized spacial score (nSPS) is 13.1. The highest BCUT2D eigenvalue weighted by Crippen LogP contribution is 2.40. The molecule has 2 heterocycles. The Bertz CT molecular complexity index is 1520. The van der Waals surface area contributed by atoms with Crippen LogP contribution in [0.3, 0.4) is 0 Å². The van der Waals surface area contributed by atoms with Crippen LogP contribution >= 0.6 is 0 Å². The van der Waals surface area contributed by atoms with E-state index in [0.29, 0.717) is 65.8 Å². The van der Waals surface area contributed by atoms with E-state index in [1.165, 1.54) is 0 Å². The maximum atomic E-state index is 13.5. The predicted octanol–water partition coefficient (Wildman–Crippen LogP) is 4.67. The van der Waals surface area contributed by atoms with Gasteiger partial charge in [0.05, 0.1) is 32.6 Å². The number of ether oxygens (including phenoxy) is 3. The number of nitrogens with zero attached hydrogens (tertiary/aromatic N) is 4. The van der Waals surface area contributed by atoms with Crippen molar-refractivity contribution in [3.05, 3.63) is 95.1 Å². The highest BCUT2D eigenvalue weighted by Gasteiger charge is 2.26. The molecule has 9 heteroatoms. The number of methoxy groups -OCH3 is 3. The molecule has 3 aromatic carbocycles. The van der Waals surface area contributed by atoms with E-state index in [0.717, 1.165) is 16.9 Å². The monoisotopic (exact) mass is 552 g/mol. The molecular formula is C32H32N4O5. The first-order valence-corrected chi connectivity index (χ1v) is 13.3. The minimum atomic E-state index is -0.157. The van der Waals surface area contributed by atoms with Gasteiger partial charge in [0.25, 0.3) is 5.91 Å². The maximum Gasteiger partial charge on any atom is 0.254 e. The van der Waals surface area contributed by atoms with Crippen LogP contribution in [-0.2, 0) is 0 Å². The molecule has 0 radical (unpaired) electrons. The molecule has 0 N–H and O–H groups in total. The van der Waals surface area contributed by atoms with Crippen molar-refractivity contribution in [3.8, 4) is 28.5 Å². The van der Waals surface area contributed by atoms with Gasteiger partial charge in [-0.15, -0.1) is 10.2 Å². The Hall–Kier alpha value is -4.92. The first-order chi connectivity index (χ1) is 19.9. The fourth-order valence-corrected chi connectivity index (χ4v) is 4.91. The zero-order valence-electron chi connectivity index (χ0n) is 23.6. The summed E-state index contributed by atoms with van der Waals surface area (Å²) in [5.41, 5.74) is 3.92. The second-order valence-corrected chi connectivity index (χ2v) is 9.71. The smallest absolute Gasteiger partial charge is 0.254 e. The van der Waals surface area contributed by atoms with Gasteiger partial charge >= 0.3 is 0 Å². The van der Waals surface area contributed by atoms with Gasteiger partial charge in [-0.25, -0.2) is 0 Å². The quantitative estimate of drug-likeness (QED) is 0.291. The van der Waals surface area contributed by atoms with Crippen LogP contribution in [0.4, 0.5) is 5.82 Å². The van der Waals surface area contributed by atoms with Crippen LogP contribution < -0.4 is 19.1 Å². The molecule has 0 unspecified atom stereocenters. The Balaban J connectivity index is 1.27. The number of aromatic nitrogens is 2. The van der Waals surface area contributed by atoms with Crippen LogP contribution in [0, 0.1) is 6.92 Å². The van der Waals surface area contributed by atoms with Crippen molar-refractivity contribution in [2.75, 3.05) is 52.4 Å². The third-order valence-corrected chi connectivity index (χ3v) is 7.22. The topological polar surface area (TPSA) is 94.1 Å². The van der Waals surface area contributed by atoms with E-state index >= 15 is 0 Å². The lowest BCUT2D eigenvalue weighted by atomic mass is 9.97. The minimum Gasteiger partial charge on any atom is -0.493 e. The first kappa shape index (κ1) is 27.6. The highest BCUT2D eigenvalue weighted by molar-refractivity contribution is 6.15. The molecule has 1 aliphatic heterocycles. The summed E-state index contributed by atoms with van der Waals surface area (Å²) in [5.74, 6) is 2.01. The molecule has 1 fully saturated rings. The summed E-state index contributed by atoms with van der Waals surface area (Å²) in [5, 5.41) is 8.89. The Labute approximate surface area is 239 Å². The van der Waals surface area contributed by atoms with Gasteiger partial charge < -0.3 is 24.0 Å². The summed E-state index contributed by atoms with van der Waals surface area (Å²) in [6, 6.07) is 21.9. The Kier molecular flexibility index (Phi) is 8.14. The van der Waals surface area contributed by atoms with E-state index in [2.05, 4.69) is 15.1 Å². The first-order valence-electron chi connectivity index (χ1n) is 13.3. The summed E-state index contributed by atoms with van der Waals surface area (Å²) >= 11 is 0. The molecule has 210 valence electrons. The number of rotatable bonds is 8. The Morgan fingerprint density at radius 1 is 0.732 bits per heavy atom.